The second kappa shape index (κ2) is 4.90. The average Bonchev–Trinajstić information content (AvgIpc) is 2.30. The summed E-state index contributed by atoms with van der Waals surface area (Å²) in [4.78, 5) is 16.1. The van der Waals surface area contributed by atoms with Crippen LogP contribution in [0.5, 0.6) is 0 Å². The Morgan fingerprint density at radius 2 is 2.19 bits per heavy atom. The van der Waals surface area contributed by atoms with Gasteiger partial charge in [-0.15, -0.1) is 0 Å². The fraction of sp³-hybridized carbons (Fsp3) is 0.333. The number of carbonyl (C=O) groups excluding carboxylic acids is 1. The lowest BCUT2D eigenvalue weighted by molar-refractivity contribution is 0.0999. The summed E-state index contributed by atoms with van der Waals surface area (Å²) in [5.74, 6) is 0.873. The van der Waals surface area contributed by atoms with Gasteiger partial charge in [0.25, 0.3) is 0 Å². The van der Waals surface area contributed by atoms with Crippen molar-refractivity contribution in [1.82, 2.24) is 0 Å². The van der Waals surface area contributed by atoms with E-state index in [1.165, 1.54) is 0 Å². The minimum absolute atomic E-state index is 0.126. The number of nitrogens with one attached hydrogen (secondary N) is 1. The van der Waals surface area contributed by atoms with Crippen LogP contribution in [0, 0.1) is 0 Å². The number of hydrogen-bond acceptors (Lipinski definition) is 3. The fourth-order valence-corrected chi connectivity index (χ4v) is 1.68. The molecule has 3 N–H and O–H groups in total. The van der Waals surface area contributed by atoms with Gasteiger partial charge in [-0.25, -0.2) is 0 Å². The zero-order valence-corrected chi connectivity index (χ0v) is 9.07. The molecule has 0 bridgehead atoms. The van der Waals surface area contributed by atoms with E-state index in [4.69, 9.17) is 5.73 Å². The molecule has 4 heteroatoms. The molecule has 0 atom stereocenters. The van der Waals surface area contributed by atoms with E-state index in [9.17, 15) is 4.79 Å². The van der Waals surface area contributed by atoms with Gasteiger partial charge < -0.3 is 11.1 Å². The fourth-order valence-electron chi connectivity index (χ4n) is 1.68. The number of nitrogens with two attached hydrogens (primary N) is 1. The minimum atomic E-state index is 0.126. The van der Waals surface area contributed by atoms with Crippen LogP contribution in [0.25, 0.3) is 0 Å². The number of ketones is 1. The number of hydrogen-bond donors (Lipinski definition) is 2. The molecule has 0 spiro atoms. The first-order valence-corrected chi connectivity index (χ1v) is 5.44. The molecule has 0 fully saturated rings. The third kappa shape index (κ3) is 2.28. The Bertz CT molecular complexity index is 426. The Labute approximate surface area is 94.6 Å². The molecule has 1 aliphatic rings. The largest absolute Gasteiger partial charge is 0.343 e. The Kier molecular flexibility index (Phi) is 3.31. The van der Waals surface area contributed by atoms with Gasteiger partial charge in [-0.1, -0.05) is 12.1 Å². The monoisotopic (exact) mass is 217 g/mol. The van der Waals surface area contributed by atoms with E-state index >= 15 is 0 Å². The van der Waals surface area contributed by atoms with Crippen LogP contribution in [0.4, 0.5) is 5.69 Å². The molecule has 0 amide bonds. The predicted octanol–water partition coefficient (Wildman–Crippen LogP) is 1.43. The number of rotatable bonds is 3. The molecular weight excluding hydrogens is 202 g/mol. The maximum Gasteiger partial charge on any atom is 0.172 e. The summed E-state index contributed by atoms with van der Waals surface area (Å²) in [6.07, 6.45) is 1.21. The van der Waals surface area contributed by atoms with Crippen molar-refractivity contribution in [2.75, 3.05) is 18.4 Å². The molecule has 1 heterocycles. The Morgan fingerprint density at radius 1 is 1.38 bits per heavy atom. The SMILES string of the molecule is NCCCN=C1CC(=O)c2ccccc2N1. The van der Waals surface area contributed by atoms with Gasteiger partial charge in [0.2, 0.25) is 0 Å². The standard InChI is InChI=1S/C12H15N3O/c13-6-3-7-14-12-8-11(16)9-4-1-2-5-10(9)15-12/h1-2,4-5H,3,6-8,13H2,(H,14,15). The molecular formula is C12H15N3O. The van der Waals surface area contributed by atoms with Gasteiger partial charge in [0.05, 0.1) is 12.1 Å². The highest BCUT2D eigenvalue weighted by Crippen LogP contribution is 2.21. The first-order chi connectivity index (χ1) is 7.81. The van der Waals surface area contributed by atoms with Gasteiger partial charge in [-0.3, -0.25) is 9.79 Å². The average molecular weight is 217 g/mol. The zero-order valence-electron chi connectivity index (χ0n) is 9.07. The van der Waals surface area contributed by atoms with E-state index < -0.39 is 0 Å². The number of aliphatic imine (C=N–C) groups is 1. The van der Waals surface area contributed by atoms with Crippen molar-refractivity contribution in [1.29, 1.82) is 0 Å². The Morgan fingerprint density at radius 3 is 3.00 bits per heavy atom. The number of carbonyl (C=O) groups is 1. The van der Waals surface area contributed by atoms with E-state index in [1.807, 2.05) is 24.3 Å². The molecule has 0 radical (unpaired) electrons. The summed E-state index contributed by atoms with van der Waals surface area (Å²) < 4.78 is 0. The van der Waals surface area contributed by atoms with Crippen molar-refractivity contribution in [3.63, 3.8) is 0 Å². The van der Waals surface area contributed by atoms with Crippen LogP contribution >= 0.6 is 0 Å². The number of Topliss-reactive ketones (excluding diaryl/α,β-unsaturated/α-hetero) is 1. The normalized spacial score (nSPS) is 17.1. The van der Waals surface area contributed by atoms with Crippen LogP contribution in [-0.2, 0) is 0 Å². The summed E-state index contributed by atoms with van der Waals surface area (Å²) in [5, 5.41) is 3.17. The van der Waals surface area contributed by atoms with Crippen LogP contribution in [0.1, 0.15) is 23.2 Å². The number of para-hydroxylation sites is 1. The highest BCUT2D eigenvalue weighted by Gasteiger charge is 2.19. The summed E-state index contributed by atoms with van der Waals surface area (Å²) >= 11 is 0. The number of nitrogens with zero attached hydrogens (tertiary/aromatic N) is 1. The summed E-state index contributed by atoms with van der Waals surface area (Å²) in [7, 11) is 0. The Hall–Kier alpha value is -1.68. The molecule has 0 saturated carbocycles. The van der Waals surface area contributed by atoms with Crippen molar-refractivity contribution in [3.8, 4) is 0 Å². The summed E-state index contributed by atoms with van der Waals surface area (Å²) in [5.41, 5.74) is 6.99. The van der Waals surface area contributed by atoms with E-state index in [0.29, 0.717) is 19.5 Å². The maximum atomic E-state index is 11.8. The van der Waals surface area contributed by atoms with Crippen LogP contribution in [-0.4, -0.2) is 24.7 Å². The van der Waals surface area contributed by atoms with Gasteiger partial charge in [-0.2, -0.15) is 0 Å². The number of amidine groups is 1. The predicted molar refractivity (Wildman–Crippen MR) is 65.0 cm³/mol. The van der Waals surface area contributed by atoms with Gasteiger partial charge in [0.15, 0.2) is 5.78 Å². The highest BCUT2D eigenvalue weighted by atomic mass is 16.1. The highest BCUT2D eigenvalue weighted by molar-refractivity contribution is 6.20. The second-order valence-electron chi connectivity index (χ2n) is 3.74. The van der Waals surface area contributed by atoms with Crippen molar-refractivity contribution < 1.29 is 4.79 Å². The molecule has 1 aromatic carbocycles. The number of benzene rings is 1. The third-order valence-corrected chi connectivity index (χ3v) is 2.50. The number of anilines is 1. The smallest absolute Gasteiger partial charge is 0.172 e. The molecule has 4 nitrogen and oxygen atoms in total. The molecule has 0 saturated heterocycles. The first-order valence-electron chi connectivity index (χ1n) is 5.44. The second-order valence-corrected chi connectivity index (χ2v) is 3.74. The topological polar surface area (TPSA) is 67.5 Å². The quantitative estimate of drug-likeness (QED) is 0.753. The molecule has 0 unspecified atom stereocenters. The van der Waals surface area contributed by atoms with Gasteiger partial charge in [0, 0.05) is 12.1 Å². The molecule has 0 aliphatic carbocycles. The molecule has 0 aromatic heterocycles. The van der Waals surface area contributed by atoms with Crippen LogP contribution in [0.2, 0.25) is 0 Å². The Balaban J connectivity index is 2.15. The molecule has 1 aromatic rings. The van der Waals surface area contributed by atoms with Gasteiger partial charge in [0.1, 0.15) is 5.84 Å². The summed E-state index contributed by atoms with van der Waals surface area (Å²) in [6, 6.07) is 7.50. The van der Waals surface area contributed by atoms with Crippen LogP contribution in [0.15, 0.2) is 29.3 Å². The van der Waals surface area contributed by atoms with Gasteiger partial charge >= 0.3 is 0 Å². The van der Waals surface area contributed by atoms with E-state index in [0.717, 1.165) is 23.5 Å². The minimum Gasteiger partial charge on any atom is -0.343 e. The summed E-state index contributed by atoms with van der Waals surface area (Å²) in [6.45, 7) is 1.30. The lowest BCUT2D eigenvalue weighted by Crippen LogP contribution is -2.24. The maximum absolute atomic E-state index is 11.8. The van der Waals surface area contributed by atoms with Crippen molar-refractivity contribution in [2.45, 2.75) is 12.8 Å². The van der Waals surface area contributed by atoms with E-state index in [1.54, 1.807) is 0 Å². The van der Waals surface area contributed by atoms with Crippen molar-refractivity contribution in [2.24, 2.45) is 10.7 Å². The van der Waals surface area contributed by atoms with Crippen molar-refractivity contribution >= 4 is 17.3 Å². The van der Waals surface area contributed by atoms with E-state index in [2.05, 4.69) is 10.3 Å². The lowest BCUT2D eigenvalue weighted by Gasteiger charge is -2.18. The van der Waals surface area contributed by atoms with E-state index in [-0.39, 0.29) is 5.78 Å². The van der Waals surface area contributed by atoms with Crippen LogP contribution < -0.4 is 11.1 Å². The third-order valence-electron chi connectivity index (χ3n) is 2.50. The lowest BCUT2D eigenvalue weighted by atomic mass is 10.0. The number of fused-ring (bicyclic) bond motifs is 1. The first kappa shape index (κ1) is 10.8. The van der Waals surface area contributed by atoms with Gasteiger partial charge in [-0.05, 0) is 25.1 Å². The van der Waals surface area contributed by atoms with Crippen LogP contribution in [0.3, 0.4) is 0 Å². The molecule has 84 valence electrons. The van der Waals surface area contributed by atoms with Crippen molar-refractivity contribution in [3.05, 3.63) is 29.8 Å². The molecule has 1 aliphatic heterocycles. The molecule has 16 heavy (non-hydrogen) atoms. The zero-order chi connectivity index (χ0) is 11.4. The molecule has 2 rings (SSSR count).